The summed E-state index contributed by atoms with van der Waals surface area (Å²) in [4.78, 5) is 54.6. The lowest BCUT2D eigenvalue weighted by Gasteiger charge is -2.18. The summed E-state index contributed by atoms with van der Waals surface area (Å²) >= 11 is 0. The molecule has 0 saturated heterocycles. The smallest absolute Gasteiger partial charge is 0.462 e. The molecule has 0 saturated carbocycles. The largest absolute Gasteiger partial charge is 0.469 e. The number of rotatable bonds is 33. The number of hydrogen-bond donors (Lipinski definition) is 2. The monoisotopic (exact) mass is 732 g/mol. The van der Waals surface area contributed by atoms with E-state index in [4.69, 9.17) is 19.3 Å². The van der Waals surface area contributed by atoms with E-state index >= 15 is 0 Å². The Balaban J connectivity index is 4.18. The van der Waals surface area contributed by atoms with Gasteiger partial charge in [-0.2, -0.15) is 0 Å². The van der Waals surface area contributed by atoms with E-state index in [0.29, 0.717) is 25.7 Å². The molecule has 0 amide bonds. The normalized spacial score (nSPS) is 13.3. The quantitative estimate of drug-likeness (QED) is 0.0169. The fourth-order valence-electron chi connectivity index (χ4n) is 4.56. The molecule has 10 heteroatoms. The molecule has 0 bridgehead atoms. The Kier molecular flexibility index (Phi) is 33.2. The van der Waals surface area contributed by atoms with Crippen LogP contribution in [0.15, 0.2) is 85.1 Å². The Morgan fingerprint density at radius 2 is 1.14 bits per heavy atom. The number of allylic oxidation sites excluding steroid dienone is 14. The number of ketones is 1. The van der Waals surface area contributed by atoms with Gasteiger partial charge in [-0.25, -0.2) is 4.57 Å². The van der Waals surface area contributed by atoms with E-state index in [2.05, 4.69) is 73.1 Å². The minimum Gasteiger partial charge on any atom is -0.462 e. The van der Waals surface area contributed by atoms with Gasteiger partial charge in [-0.15, -0.1) is 0 Å². The number of unbranched alkanes of at least 4 members (excludes halogenated alkanes) is 8. The molecular formula is C41H65O9P. The molecule has 0 heterocycles. The van der Waals surface area contributed by atoms with Crippen molar-refractivity contribution < 1.29 is 42.7 Å². The molecule has 0 aromatic heterocycles. The standard InChI is InChI=1S/C41H65O9P/c1-3-5-7-9-11-12-13-14-15-16-17-18-19-20-22-26-30-34-40(43)48-36-39(37-49-51(45,46)47)50-41(44)35-31-27-23-25-29-33-38(42)32-28-24-21-10-8-6-4-2/h5,7,11-12,14-15,17-18,20-22,24,28,32,39H,3-4,6,8-10,13,16,19,23,25-27,29-31,33-37H2,1-2H3,(H2,45,46,47)/b7-5-,12-11-,15-14-,18-17-,22-20-,24-21-,32-28+/t39-/m1/s1. The van der Waals surface area contributed by atoms with E-state index in [1.807, 2.05) is 18.2 Å². The zero-order chi connectivity index (χ0) is 37.7. The average molecular weight is 733 g/mol. The van der Waals surface area contributed by atoms with Gasteiger partial charge >= 0.3 is 19.8 Å². The Bertz CT molecular complexity index is 1160. The number of phosphoric acid groups is 1. The molecule has 0 spiro atoms. The highest BCUT2D eigenvalue weighted by atomic mass is 31.2. The third kappa shape index (κ3) is 38.0. The van der Waals surface area contributed by atoms with Gasteiger partial charge in [-0.3, -0.25) is 18.9 Å². The molecule has 0 unspecified atom stereocenters. The molecule has 288 valence electrons. The van der Waals surface area contributed by atoms with Gasteiger partial charge in [0, 0.05) is 19.3 Å². The van der Waals surface area contributed by atoms with Crippen LogP contribution >= 0.6 is 7.82 Å². The molecule has 0 aliphatic heterocycles. The van der Waals surface area contributed by atoms with Gasteiger partial charge in [0.15, 0.2) is 11.9 Å². The molecule has 1 atom stereocenters. The van der Waals surface area contributed by atoms with Crippen molar-refractivity contribution in [1.29, 1.82) is 0 Å². The van der Waals surface area contributed by atoms with Crippen LogP contribution in [0.5, 0.6) is 0 Å². The minimum absolute atomic E-state index is 0.103. The third-order valence-corrected chi connectivity index (χ3v) is 7.86. The summed E-state index contributed by atoms with van der Waals surface area (Å²) in [6.45, 7) is 3.34. The highest BCUT2D eigenvalue weighted by Crippen LogP contribution is 2.35. The van der Waals surface area contributed by atoms with E-state index in [0.717, 1.165) is 64.2 Å². The summed E-state index contributed by atoms with van der Waals surface area (Å²) in [5.41, 5.74) is 0. The van der Waals surface area contributed by atoms with E-state index in [1.165, 1.54) is 19.3 Å². The number of hydrogen-bond acceptors (Lipinski definition) is 7. The van der Waals surface area contributed by atoms with Gasteiger partial charge in [0.1, 0.15) is 6.61 Å². The Morgan fingerprint density at radius 1 is 0.588 bits per heavy atom. The molecule has 51 heavy (non-hydrogen) atoms. The average Bonchev–Trinajstić information content (AvgIpc) is 3.09. The van der Waals surface area contributed by atoms with Crippen molar-refractivity contribution in [2.24, 2.45) is 0 Å². The summed E-state index contributed by atoms with van der Waals surface area (Å²) in [5.74, 6) is -0.953. The first kappa shape index (κ1) is 47.9. The number of esters is 2. The summed E-state index contributed by atoms with van der Waals surface area (Å²) in [7, 11) is -4.80. The summed E-state index contributed by atoms with van der Waals surface area (Å²) in [6.07, 6.45) is 42.7. The van der Waals surface area contributed by atoms with E-state index in [-0.39, 0.29) is 25.2 Å². The van der Waals surface area contributed by atoms with Crippen molar-refractivity contribution in [3.05, 3.63) is 85.1 Å². The van der Waals surface area contributed by atoms with Gasteiger partial charge in [-0.05, 0) is 76.7 Å². The van der Waals surface area contributed by atoms with Gasteiger partial charge < -0.3 is 19.3 Å². The van der Waals surface area contributed by atoms with Crippen molar-refractivity contribution >= 4 is 25.5 Å². The van der Waals surface area contributed by atoms with Crippen molar-refractivity contribution in [2.75, 3.05) is 13.2 Å². The summed E-state index contributed by atoms with van der Waals surface area (Å²) in [5, 5.41) is 0. The SMILES string of the molecule is CC/C=C\C/C=C\C/C=C\C/C=C\C/C=C\CCCC(=O)OC[C@H](COP(=O)(O)O)OC(=O)CCCCCCCC(=O)/C=C/C=C\CCCCC. The number of ether oxygens (including phenoxy) is 2. The Morgan fingerprint density at radius 3 is 1.75 bits per heavy atom. The zero-order valence-electron chi connectivity index (χ0n) is 31.2. The second-order valence-corrected chi connectivity index (χ2v) is 13.4. The first-order chi connectivity index (χ1) is 24.7. The topological polar surface area (TPSA) is 136 Å². The lowest BCUT2D eigenvalue weighted by molar-refractivity contribution is -0.161. The maximum Gasteiger partial charge on any atom is 0.469 e. The lowest BCUT2D eigenvalue weighted by Crippen LogP contribution is -2.29. The first-order valence-corrected chi connectivity index (χ1v) is 20.4. The fraction of sp³-hybridized carbons (Fsp3) is 0.585. The van der Waals surface area contributed by atoms with E-state index < -0.39 is 32.5 Å². The number of carbonyl (C=O) groups excluding carboxylic acids is 3. The van der Waals surface area contributed by atoms with Crippen LogP contribution in [0.1, 0.15) is 136 Å². The Hall–Kier alpha value is -3.10. The minimum atomic E-state index is -4.80. The van der Waals surface area contributed by atoms with Crippen LogP contribution in [0.25, 0.3) is 0 Å². The first-order valence-electron chi connectivity index (χ1n) is 18.8. The van der Waals surface area contributed by atoms with Gasteiger partial charge in [0.05, 0.1) is 6.61 Å². The van der Waals surface area contributed by atoms with Crippen molar-refractivity contribution in [3.63, 3.8) is 0 Å². The predicted octanol–water partition coefficient (Wildman–Crippen LogP) is 10.5. The molecule has 2 N–H and O–H groups in total. The zero-order valence-corrected chi connectivity index (χ0v) is 32.1. The number of carbonyl (C=O) groups is 3. The maximum absolute atomic E-state index is 12.4. The van der Waals surface area contributed by atoms with Crippen molar-refractivity contribution in [1.82, 2.24) is 0 Å². The Labute approximate surface area is 307 Å². The van der Waals surface area contributed by atoms with Gasteiger partial charge in [0.25, 0.3) is 0 Å². The van der Waals surface area contributed by atoms with Crippen molar-refractivity contribution in [2.45, 2.75) is 142 Å². The van der Waals surface area contributed by atoms with Crippen LogP contribution in [0.3, 0.4) is 0 Å². The molecule has 0 rings (SSSR count). The third-order valence-electron chi connectivity index (χ3n) is 7.37. The lowest BCUT2D eigenvalue weighted by atomic mass is 10.1. The van der Waals surface area contributed by atoms with Gasteiger partial charge in [0.2, 0.25) is 0 Å². The van der Waals surface area contributed by atoms with Crippen LogP contribution in [0.2, 0.25) is 0 Å². The predicted molar refractivity (Wildman–Crippen MR) is 207 cm³/mol. The van der Waals surface area contributed by atoms with Crippen LogP contribution in [-0.4, -0.2) is 46.8 Å². The summed E-state index contributed by atoms with van der Waals surface area (Å²) < 4.78 is 26.2. The van der Waals surface area contributed by atoms with Crippen LogP contribution in [-0.2, 0) is 32.9 Å². The second-order valence-electron chi connectivity index (χ2n) is 12.2. The fourth-order valence-corrected chi connectivity index (χ4v) is 4.92. The molecule has 0 fully saturated rings. The highest BCUT2D eigenvalue weighted by Gasteiger charge is 2.22. The number of phosphoric ester groups is 1. The molecule has 0 aliphatic carbocycles. The molecular weight excluding hydrogens is 667 g/mol. The van der Waals surface area contributed by atoms with E-state index in [1.54, 1.807) is 12.2 Å². The van der Waals surface area contributed by atoms with Gasteiger partial charge in [-0.1, -0.05) is 125 Å². The molecule has 9 nitrogen and oxygen atoms in total. The summed E-state index contributed by atoms with van der Waals surface area (Å²) in [6, 6.07) is 0. The van der Waals surface area contributed by atoms with E-state index in [9.17, 15) is 18.9 Å². The maximum atomic E-state index is 12.4. The van der Waals surface area contributed by atoms with Crippen LogP contribution in [0.4, 0.5) is 0 Å². The van der Waals surface area contributed by atoms with Crippen LogP contribution < -0.4 is 0 Å². The molecule has 0 radical (unpaired) electrons. The second kappa shape index (κ2) is 35.3. The highest BCUT2D eigenvalue weighted by molar-refractivity contribution is 7.46. The van der Waals surface area contributed by atoms with Crippen molar-refractivity contribution in [3.8, 4) is 0 Å². The molecule has 0 aromatic rings. The molecule has 0 aliphatic rings. The van der Waals surface area contributed by atoms with Crippen LogP contribution in [0, 0.1) is 0 Å². The molecule has 0 aromatic carbocycles.